The van der Waals surface area contributed by atoms with Gasteiger partial charge in [0.2, 0.25) is 0 Å². The molecule has 0 spiro atoms. The molecule has 0 bridgehead atoms. The molecule has 0 saturated carbocycles. The number of piperazine rings is 1. The summed E-state index contributed by atoms with van der Waals surface area (Å²) in [7, 11) is 0. The van der Waals surface area contributed by atoms with E-state index in [9.17, 15) is 15.3 Å². The van der Waals surface area contributed by atoms with E-state index in [2.05, 4.69) is 14.8 Å². The van der Waals surface area contributed by atoms with Crippen molar-refractivity contribution >= 4 is 28.9 Å². The highest BCUT2D eigenvalue weighted by molar-refractivity contribution is 6.33. The van der Waals surface area contributed by atoms with Gasteiger partial charge < -0.3 is 25.0 Å². The van der Waals surface area contributed by atoms with Crippen LogP contribution in [-0.2, 0) is 12.2 Å². The van der Waals surface area contributed by atoms with Gasteiger partial charge in [0.05, 0.1) is 35.2 Å². The zero-order valence-electron chi connectivity index (χ0n) is 21.0. The number of aliphatic hydroxyl groups excluding tert-OH is 2. The molecule has 1 fully saturated rings. The largest absolute Gasteiger partial charge is 0.491 e. The Hall–Kier alpha value is -2.39. The van der Waals surface area contributed by atoms with E-state index in [1.165, 1.54) is 0 Å². The van der Waals surface area contributed by atoms with Crippen molar-refractivity contribution in [2.45, 2.75) is 38.2 Å². The van der Waals surface area contributed by atoms with Crippen LogP contribution in [0.2, 0.25) is 10.0 Å². The summed E-state index contributed by atoms with van der Waals surface area (Å²) in [6, 6.07) is 16.9. The van der Waals surface area contributed by atoms with Gasteiger partial charge in [-0.15, -0.1) is 0 Å². The standard InChI is InChI=1S/C28H33Cl2N3O4/c1-19(35)17-37-24-9-10-26(25(30)13-24)33-12-11-32(15-27(33)20-3-6-22(29)7-4-20)18-28(2,36)21-5-8-23(16-34)31-14-21/h3-10,13-14,19,27,34-36H,11-12,15-18H2,1-2H3/t19-,27+,28-/m1/s1. The van der Waals surface area contributed by atoms with E-state index in [1.807, 2.05) is 42.5 Å². The lowest BCUT2D eigenvalue weighted by molar-refractivity contribution is 0.00997. The Kier molecular flexibility index (Phi) is 8.95. The molecule has 4 rings (SSSR count). The molecule has 3 aromatic rings. The first-order valence-electron chi connectivity index (χ1n) is 12.3. The molecule has 3 atom stereocenters. The number of halogens is 2. The molecule has 2 heterocycles. The number of rotatable bonds is 9. The smallest absolute Gasteiger partial charge is 0.121 e. The highest BCUT2D eigenvalue weighted by Gasteiger charge is 2.34. The molecule has 1 saturated heterocycles. The molecule has 3 N–H and O–H groups in total. The summed E-state index contributed by atoms with van der Waals surface area (Å²) in [5, 5.41) is 31.3. The van der Waals surface area contributed by atoms with Crippen molar-refractivity contribution in [2.24, 2.45) is 0 Å². The molecule has 37 heavy (non-hydrogen) atoms. The molecule has 198 valence electrons. The molecule has 0 aliphatic carbocycles. The van der Waals surface area contributed by atoms with Gasteiger partial charge >= 0.3 is 0 Å². The summed E-state index contributed by atoms with van der Waals surface area (Å²) in [6.45, 7) is 6.02. The summed E-state index contributed by atoms with van der Waals surface area (Å²) < 4.78 is 5.62. The number of aromatic nitrogens is 1. The molecule has 0 unspecified atom stereocenters. The number of aliphatic hydroxyl groups is 3. The van der Waals surface area contributed by atoms with Crippen LogP contribution >= 0.6 is 23.2 Å². The summed E-state index contributed by atoms with van der Waals surface area (Å²) >= 11 is 12.9. The second kappa shape index (κ2) is 12.0. The minimum atomic E-state index is -1.12. The van der Waals surface area contributed by atoms with Gasteiger partial charge in [-0.1, -0.05) is 41.4 Å². The monoisotopic (exact) mass is 545 g/mol. The third-order valence-corrected chi connectivity index (χ3v) is 7.13. The van der Waals surface area contributed by atoms with Gasteiger partial charge in [0, 0.05) is 49.0 Å². The number of β-amino-alcohol motifs (C(OH)–C–C–N with tert-alkyl or cyclic N) is 1. The van der Waals surface area contributed by atoms with E-state index in [1.54, 1.807) is 32.2 Å². The number of anilines is 1. The zero-order chi connectivity index (χ0) is 26.6. The lowest BCUT2D eigenvalue weighted by atomic mass is 9.95. The fourth-order valence-electron chi connectivity index (χ4n) is 4.63. The highest BCUT2D eigenvalue weighted by Crippen LogP contribution is 2.38. The number of ether oxygens (including phenoxy) is 1. The van der Waals surface area contributed by atoms with Crippen LogP contribution in [0.1, 0.15) is 36.7 Å². The van der Waals surface area contributed by atoms with Crippen LogP contribution in [0.4, 0.5) is 5.69 Å². The van der Waals surface area contributed by atoms with Crippen molar-refractivity contribution in [3.8, 4) is 5.75 Å². The maximum absolute atomic E-state index is 11.3. The normalized spacial score (nSPS) is 18.9. The molecule has 9 heteroatoms. The molecule has 0 radical (unpaired) electrons. The summed E-state index contributed by atoms with van der Waals surface area (Å²) in [5.74, 6) is 0.605. The maximum atomic E-state index is 11.3. The topological polar surface area (TPSA) is 89.3 Å². The van der Waals surface area contributed by atoms with Crippen LogP contribution in [0.25, 0.3) is 0 Å². The lowest BCUT2D eigenvalue weighted by Gasteiger charge is -2.45. The zero-order valence-corrected chi connectivity index (χ0v) is 22.5. The second-order valence-electron chi connectivity index (χ2n) is 9.74. The van der Waals surface area contributed by atoms with Crippen molar-refractivity contribution in [3.63, 3.8) is 0 Å². The van der Waals surface area contributed by atoms with Gasteiger partial charge in [-0.2, -0.15) is 0 Å². The quantitative estimate of drug-likeness (QED) is 0.367. The first kappa shape index (κ1) is 27.6. The van der Waals surface area contributed by atoms with Gasteiger partial charge in [0.1, 0.15) is 18.0 Å². The maximum Gasteiger partial charge on any atom is 0.121 e. The Morgan fingerprint density at radius 2 is 1.86 bits per heavy atom. The Bertz CT molecular complexity index is 1170. The molecule has 2 aromatic carbocycles. The van der Waals surface area contributed by atoms with Crippen LogP contribution in [0.15, 0.2) is 60.8 Å². The summed E-state index contributed by atoms with van der Waals surface area (Å²) in [6.07, 6.45) is 1.06. The molecule has 1 aliphatic rings. The Balaban J connectivity index is 1.57. The van der Waals surface area contributed by atoms with Crippen molar-refractivity contribution in [1.29, 1.82) is 0 Å². The fraction of sp³-hybridized carbons (Fsp3) is 0.393. The molecular weight excluding hydrogens is 513 g/mol. The number of hydrogen-bond donors (Lipinski definition) is 3. The van der Waals surface area contributed by atoms with Gasteiger partial charge in [0.25, 0.3) is 0 Å². The first-order chi connectivity index (χ1) is 17.7. The summed E-state index contributed by atoms with van der Waals surface area (Å²) in [5.41, 5.74) is 2.13. The number of benzene rings is 2. The predicted octanol–water partition coefficient (Wildman–Crippen LogP) is 4.41. The van der Waals surface area contributed by atoms with Gasteiger partial charge in [-0.3, -0.25) is 9.88 Å². The van der Waals surface area contributed by atoms with Gasteiger partial charge in [-0.25, -0.2) is 0 Å². The second-order valence-corrected chi connectivity index (χ2v) is 10.6. The van der Waals surface area contributed by atoms with Crippen molar-refractivity contribution < 1.29 is 20.1 Å². The number of hydrogen-bond acceptors (Lipinski definition) is 7. The molecule has 0 amide bonds. The van der Waals surface area contributed by atoms with E-state index in [-0.39, 0.29) is 19.3 Å². The fourth-order valence-corrected chi connectivity index (χ4v) is 5.04. The third-order valence-electron chi connectivity index (χ3n) is 6.58. The van der Waals surface area contributed by atoms with Crippen molar-refractivity contribution in [1.82, 2.24) is 9.88 Å². The van der Waals surface area contributed by atoms with E-state index in [4.69, 9.17) is 27.9 Å². The summed E-state index contributed by atoms with van der Waals surface area (Å²) in [4.78, 5) is 8.74. The average Bonchev–Trinajstić information content (AvgIpc) is 2.88. The van der Waals surface area contributed by atoms with Crippen LogP contribution in [0.3, 0.4) is 0 Å². The van der Waals surface area contributed by atoms with E-state index in [0.717, 1.165) is 17.8 Å². The minimum Gasteiger partial charge on any atom is -0.491 e. The molecular formula is C28H33Cl2N3O4. The Labute approximate surface area is 227 Å². The van der Waals surface area contributed by atoms with Crippen molar-refractivity contribution in [3.05, 3.63) is 87.7 Å². The molecule has 7 nitrogen and oxygen atoms in total. The Morgan fingerprint density at radius 1 is 1.11 bits per heavy atom. The number of nitrogens with zero attached hydrogens (tertiary/aromatic N) is 3. The SMILES string of the molecule is C[C@@H](O)COc1ccc(N2CCN(C[C@@](C)(O)c3ccc(CO)nc3)C[C@H]2c2ccc(Cl)cc2)c(Cl)c1. The van der Waals surface area contributed by atoms with E-state index < -0.39 is 11.7 Å². The van der Waals surface area contributed by atoms with E-state index >= 15 is 0 Å². The minimum absolute atomic E-state index is 0.0292. The van der Waals surface area contributed by atoms with E-state index in [0.29, 0.717) is 46.7 Å². The third kappa shape index (κ3) is 6.93. The van der Waals surface area contributed by atoms with Crippen LogP contribution in [0.5, 0.6) is 5.75 Å². The van der Waals surface area contributed by atoms with Gasteiger partial charge in [0.15, 0.2) is 0 Å². The van der Waals surface area contributed by atoms with Crippen LogP contribution < -0.4 is 9.64 Å². The number of pyridine rings is 1. The van der Waals surface area contributed by atoms with Crippen molar-refractivity contribution in [2.75, 3.05) is 37.7 Å². The van der Waals surface area contributed by atoms with Crippen LogP contribution in [0, 0.1) is 0 Å². The first-order valence-corrected chi connectivity index (χ1v) is 13.1. The molecule has 1 aliphatic heterocycles. The average molecular weight is 546 g/mol. The predicted molar refractivity (Wildman–Crippen MR) is 146 cm³/mol. The van der Waals surface area contributed by atoms with Gasteiger partial charge in [-0.05, 0) is 49.7 Å². The molecule has 1 aromatic heterocycles. The lowest BCUT2D eigenvalue weighted by Crippen LogP contribution is -2.52. The Morgan fingerprint density at radius 3 is 2.49 bits per heavy atom. The highest BCUT2D eigenvalue weighted by atomic mass is 35.5. The van der Waals surface area contributed by atoms with Crippen LogP contribution in [-0.4, -0.2) is 64.1 Å².